The lowest BCUT2D eigenvalue weighted by molar-refractivity contribution is -0.384. The standard InChI is InChI=1S/C20H13ClN4O4S/c1-11-16(12-5-3-2-4-6-12)17-19(30-11)22-10-24(20(17)27)23-18(26)14-8-7-13(25(28)29)9-15(14)21/h2-10H,1H3,(H,23,26). The van der Waals surface area contributed by atoms with Gasteiger partial charge in [0.25, 0.3) is 17.2 Å². The molecule has 0 saturated carbocycles. The van der Waals surface area contributed by atoms with Crippen molar-refractivity contribution in [2.45, 2.75) is 6.92 Å². The molecule has 150 valence electrons. The van der Waals surface area contributed by atoms with Crippen LogP contribution in [-0.4, -0.2) is 20.5 Å². The monoisotopic (exact) mass is 440 g/mol. The summed E-state index contributed by atoms with van der Waals surface area (Å²) in [6.07, 6.45) is 1.23. The molecule has 0 fully saturated rings. The van der Waals surface area contributed by atoms with E-state index in [-0.39, 0.29) is 16.3 Å². The van der Waals surface area contributed by atoms with Crippen molar-refractivity contribution < 1.29 is 9.72 Å². The SMILES string of the molecule is Cc1sc2ncn(NC(=O)c3ccc([N+](=O)[O-])cc3Cl)c(=O)c2c1-c1ccccc1. The molecule has 1 amide bonds. The maximum absolute atomic E-state index is 13.1. The molecule has 0 saturated heterocycles. The minimum Gasteiger partial charge on any atom is -0.267 e. The molecular formula is C20H13ClN4O4S. The molecule has 0 unspecified atom stereocenters. The lowest BCUT2D eigenvalue weighted by Crippen LogP contribution is -2.33. The quantitative estimate of drug-likeness (QED) is 0.374. The Kier molecular flexibility index (Phi) is 5.06. The lowest BCUT2D eigenvalue weighted by atomic mass is 10.0. The summed E-state index contributed by atoms with van der Waals surface area (Å²) in [4.78, 5) is 41.8. The fourth-order valence-electron chi connectivity index (χ4n) is 3.11. The van der Waals surface area contributed by atoms with Crippen molar-refractivity contribution in [1.29, 1.82) is 0 Å². The highest BCUT2D eigenvalue weighted by Crippen LogP contribution is 2.35. The molecule has 0 radical (unpaired) electrons. The van der Waals surface area contributed by atoms with Crippen LogP contribution in [0.3, 0.4) is 0 Å². The predicted molar refractivity (Wildman–Crippen MR) is 116 cm³/mol. The number of non-ortho nitro benzene ring substituents is 1. The Bertz CT molecular complexity index is 1360. The van der Waals surface area contributed by atoms with Crippen LogP contribution in [-0.2, 0) is 0 Å². The number of hydrogen-bond acceptors (Lipinski definition) is 6. The van der Waals surface area contributed by atoms with Gasteiger partial charge in [-0.25, -0.2) is 9.66 Å². The second kappa shape index (κ2) is 7.69. The molecule has 2 aromatic heterocycles. The lowest BCUT2D eigenvalue weighted by Gasteiger charge is -2.09. The summed E-state index contributed by atoms with van der Waals surface area (Å²) in [5, 5.41) is 11.1. The Morgan fingerprint density at radius 3 is 2.63 bits per heavy atom. The Balaban J connectivity index is 1.76. The van der Waals surface area contributed by atoms with Crippen LogP contribution in [0.2, 0.25) is 5.02 Å². The molecule has 0 aliphatic carbocycles. The molecule has 0 spiro atoms. The third-order valence-electron chi connectivity index (χ3n) is 4.48. The molecule has 4 rings (SSSR count). The molecule has 0 aliphatic rings. The van der Waals surface area contributed by atoms with Crippen molar-refractivity contribution in [2.75, 3.05) is 5.43 Å². The zero-order valence-electron chi connectivity index (χ0n) is 15.5. The number of nitrogens with zero attached hydrogens (tertiary/aromatic N) is 3. The average molecular weight is 441 g/mol. The van der Waals surface area contributed by atoms with Crippen molar-refractivity contribution in [3.8, 4) is 11.1 Å². The molecule has 0 bridgehead atoms. The van der Waals surface area contributed by atoms with E-state index < -0.39 is 16.4 Å². The van der Waals surface area contributed by atoms with Gasteiger partial charge in [0.2, 0.25) is 0 Å². The normalized spacial score (nSPS) is 10.9. The minimum absolute atomic E-state index is 0.000884. The summed E-state index contributed by atoms with van der Waals surface area (Å²) >= 11 is 7.41. The van der Waals surface area contributed by atoms with Crippen LogP contribution in [0, 0.1) is 17.0 Å². The maximum atomic E-state index is 13.1. The number of rotatable bonds is 4. The van der Waals surface area contributed by atoms with Gasteiger partial charge in [-0.2, -0.15) is 0 Å². The number of nitro groups is 1. The Morgan fingerprint density at radius 2 is 1.97 bits per heavy atom. The van der Waals surface area contributed by atoms with E-state index >= 15 is 0 Å². The van der Waals surface area contributed by atoms with Gasteiger partial charge in [-0.15, -0.1) is 11.3 Å². The van der Waals surface area contributed by atoms with Crippen molar-refractivity contribution in [3.63, 3.8) is 0 Å². The fourth-order valence-corrected chi connectivity index (χ4v) is 4.37. The van der Waals surface area contributed by atoms with Gasteiger partial charge in [-0.3, -0.25) is 25.1 Å². The minimum atomic E-state index is -0.689. The molecule has 30 heavy (non-hydrogen) atoms. The third-order valence-corrected chi connectivity index (χ3v) is 5.81. The highest BCUT2D eigenvalue weighted by atomic mass is 35.5. The molecule has 2 aromatic carbocycles. The molecule has 2 heterocycles. The van der Waals surface area contributed by atoms with Crippen molar-refractivity contribution in [1.82, 2.24) is 9.66 Å². The number of halogens is 1. The maximum Gasteiger partial charge on any atom is 0.281 e. The van der Waals surface area contributed by atoms with E-state index in [0.29, 0.717) is 10.2 Å². The first kappa shape index (κ1) is 19.7. The van der Waals surface area contributed by atoms with Gasteiger partial charge in [-0.05, 0) is 18.6 Å². The number of aromatic nitrogens is 2. The average Bonchev–Trinajstić information content (AvgIpc) is 3.07. The van der Waals surface area contributed by atoms with Gasteiger partial charge in [-0.1, -0.05) is 41.9 Å². The molecular weight excluding hydrogens is 428 g/mol. The number of amides is 1. The topological polar surface area (TPSA) is 107 Å². The molecule has 4 aromatic rings. The zero-order chi connectivity index (χ0) is 21.4. The molecule has 1 N–H and O–H groups in total. The smallest absolute Gasteiger partial charge is 0.267 e. The molecule has 0 aliphatic heterocycles. The number of carbonyl (C=O) groups is 1. The second-order valence-corrected chi connectivity index (χ2v) is 7.97. The number of fused-ring (bicyclic) bond motifs is 1. The van der Waals surface area contributed by atoms with Gasteiger partial charge in [0.15, 0.2) is 0 Å². The van der Waals surface area contributed by atoms with Crippen LogP contribution in [0.25, 0.3) is 21.3 Å². The number of aryl methyl sites for hydroxylation is 1. The third kappa shape index (κ3) is 3.44. The van der Waals surface area contributed by atoms with E-state index in [9.17, 15) is 19.7 Å². The van der Waals surface area contributed by atoms with Crippen molar-refractivity contribution in [3.05, 3.63) is 90.8 Å². The first-order valence-corrected chi connectivity index (χ1v) is 9.87. The summed E-state index contributed by atoms with van der Waals surface area (Å²) < 4.78 is 0.987. The number of carbonyl (C=O) groups excluding carboxylic acids is 1. The predicted octanol–water partition coefficient (Wildman–Crippen LogP) is 4.38. The number of nitrogens with one attached hydrogen (secondary N) is 1. The van der Waals surface area contributed by atoms with E-state index in [1.54, 1.807) is 0 Å². The first-order valence-electron chi connectivity index (χ1n) is 8.68. The van der Waals surface area contributed by atoms with Gasteiger partial charge < -0.3 is 0 Å². The van der Waals surface area contributed by atoms with Gasteiger partial charge in [0, 0.05) is 22.6 Å². The molecule has 0 atom stereocenters. The van der Waals surface area contributed by atoms with Gasteiger partial charge in [0.05, 0.1) is 20.9 Å². The van der Waals surface area contributed by atoms with E-state index in [1.165, 1.54) is 29.8 Å². The number of hydrogen-bond donors (Lipinski definition) is 1. The Hall–Kier alpha value is -3.56. The summed E-state index contributed by atoms with van der Waals surface area (Å²) in [5.41, 5.74) is 3.42. The second-order valence-electron chi connectivity index (χ2n) is 6.36. The first-order chi connectivity index (χ1) is 14.4. The summed E-state index contributed by atoms with van der Waals surface area (Å²) in [6.45, 7) is 1.91. The van der Waals surface area contributed by atoms with Crippen LogP contribution in [0.5, 0.6) is 0 Å². The highest BCUT2D eigenvalue weighted by molar-refractivity contribution is 7.19. The summed E-state index contributed by atoms with van der Waals surface area (Å²) in [5.74, 6) is -0.689. The number of benzene rings is 2. The van der Waals surface area contributed by atoms with Crippen LogP contribution in [0.1, 0.15) is 15.2 Å². The van der Waals surface area contributed by atoms with Gasteiger partial charge >= 0.3 is 0 Å². The Labute approximate surface area is 178 Å². The highest BCUT2D eigenvalue weighted by Gasteiger charge is 2.19. The van der Waals surface area contributed by atoms with E-state index in [0.717, 1.165) is 26.7 Å². The van der Waals surface area contributed by atoms with Crippen molar-refractivity contribution >= 4 is 44.7 Å². The van der Waals surface area contributed by atoms with Crippen LogP contribution >= 0.6 is 22.9 Å². The van der Waals surface area contributed by atoms with Crippen LogP contribution in [0.15, 0.2) is 59.7 Å². The van der Waals surface area contributed by atoms with E-state index in [4.69, 9.17) is 11.6 Å². The van der Waals surface area contributed by atoms with Crippen LogP contribution in [0.4, 0.5) is 5.69 Å². The summed E-state index contributed by atoms with van der Waals surface area (Å²) in [7, 11) is 0. The number of nitro benzene ring substituents is 1. The van der Waals surface area contributed by atoms with E-state index in [2.05, 4.69) is 10.4 Å². The van der Waals surface area contributed by atoms with Crippen molar-refractivity contribution in [2.24, 2.45) is 0 Å². The van der Waals surface area contributed by atoms with Crippen LogP contribution < -0.4 is 11.0 Å². The molecule has 10 heteroatoms. The zero-order valence-corrected chi connectivity index (χ0v) is 17.0. The fraction of sp³-hybridized carbons (Fsp3) is 0.0500. The van der Waals surface area contributed by atoms with E-state index in [1.807, 2.05) is 37.3 Å². The number of thiophene rings is 1. The van der Waals surface area contributed by atoms with Gasteiger partial charge in [0.1, 0.15) is 11.2 Å². The molecule has 8 nitrogen and oxygen atoms in total. The summed E-state index contributed by atoms with van der Waals surface area (Å²) in [6, 6.07) is 12.9. The largest absolute Gasteiger partial charge is 0.281 e. The Morgan fingerprint density at radius 1 is 1.23 bits per heavy atom.